The Kier molecular flexibility index (Phi) is 8.51. The summed E-state index contributed by atoms with van der Waals surface area (Å²) in [6.45, 7) is 3.85. The van der Waals surface area contributed by atoms with Crippen LogP contribution in [-0.4, -0.2) is 75.7 Å². The maximum absolute atomic E-state index is 13.0. The van der Waals surface area contributed by atoms with Crippen LogP contribution in [0.4, 0.5) is 0 Å². The highest BCUT2D eigenvalue weighted by Crippen LogP contribution is 2.27. The standard InChI is InChI=1S/C24H30N4O5S/c1-15-22(34-14-26-15)18-8-6-17(7-9-18)12-25-23(32)20-11-19(30)13-28(20)24(33)16(2)27(3)21(31)5-4-10-29/h6-10,14,16,19-20,30H,4-5,11-13H2,1-3H3,(H,25,32)/t16?,19-,20+/m1/s1. The fourth-order valence-corrected chi connectivity index (χ4v) is 4.76. The van der Waals surface area contributed by atoms with E-state index in [4.69, 9.17) is 0 Å². The molecule has 1 saturated heterocycles. The van der Waals surface area contributed by atoms with Crippen molar-refractivity contribution in [3.05, 3.63) is 41.0 Å². The second-order valence-electron chi connectivity index (χ2n) is 8.46. The Hall–Kier alpha value is -3.11. The molecule has 2 N–H and O–H groups in total. The molecular weight excluding hydrogens is 456 g/mol. The summed E-state index contributed by atoms with van der Waals surface area (Å²) in [5, 5.41) is 13.0. The fourth-order valence-electron chi connectivity index (χ4n) is 3.95. The minimum atomic E-state index is -0.817. The topological polar surface area (TPSA) is 120 Å². The first-order valence-corrected chi connectivity index (χ1v) is 12.1. The number of aryl methyl sites for hydroxylation is 1. The zero-order valence-corrected chi connectivity index (χ0v) is 20.4. The highest BCUT2D eigenvalue weighted by atomic mass is 32.1. The molecule has 2 heterocycles. The summed E-state index contributed by atoms with van der Waals surface area (Å²) in [5.41, 5.74) is 4.75. The van der Waals surface area contributed by atoms with Gasteiger partial charge in [-0.3, -0.25) is 14.4 Å². The smallest absolute Gasteiger partial charge is 0.245 e. The van der Waals surface area contributed by atoms with Crippen molar-refractivity contribution in [3.8, 4) is 10.4 Å². The summed E-state index contributed by atoms with van der Waals surface area (Å²) in [4.78, 5) is 56.6. The maximum atomic E-state index is 13.0. The molecular formula is C24H30N4O5S. The number of benzene rings is 1. The lowest BCUT2D eigenvalue weighted by Gasteiger charge is -2.31. The number of aromatic nitrogens is 1. The van der Waals surface area contributed by atoms with Crippen molar-refractivity contribution in [1.82, 2.24) is 20.1 Å². The molecule has 1 fully saturated rings. The molecule has 0 bridgehead atoms. The molecule has 34 heavy (non-hydrogen) atoms. The Bertz CT molecular complexity index is 1040. The number of aldehydes is 1. The van der Waals surface area contributed by atoms with Crippen LogP contribution >= 0.6 is 11.3 Å². The molecule has 182 valence electrons. The van der Waals surface area contributed by atoms with E-state index in [-0.39, 0.29) is 44.2 Å². The quantitative estimate of drug-likeness (QED) is 0.519. The predicted octanol–water partition coefficient (Wildman–Crippen LogP) is 1.52. The Labute approximate surface area is 202 Å². The van der Waals surface area contributed by atoms with E-state index in [1.54, 1.807) is 18.3 Å². The van der Waals surface area contributed by atoms with Crippen LogP contribution in [0.2, 0.25) is 0 Å². The van der Waals surface area contributed by atoms with Crippen molar-refractivity contribution in [2.24, 2.45) is 0 Å². The molecule has 1 aromatic heterocycles. The van der Waals surface area contributed by atoms with E-state index in [1.807, 2.05) is 36.7 Å². The Morgan fingerprint density at radius 2 is 2.03 bits per heavy atom. The average molecular weight is 487 g/mol. The summed E-state index contributed by atoms with van der Waals surface area (Å²) in [5.74, 6) is -1.09. The lowest BCUT2D eigenvalue weighted by atomic mass is 10.1. The van der Waals surface area contributed by atoms with Gasteiger partial charge in [0.15, 0.2) is 0 Å². The molecule has 1 aliphatic rings. The van der Waals surface area contributed by atoms with Crippen molar-refractivity contribution in [3.63, 3.8) is 0 Å². The van der Waals surface area contributed by atoms with Gasteiger partial charge in [0.2, 0.25) is 17.7 Å². The van der Waals surface area contributed by atoms with Crippen molar-refractivity contribution >= 4 is 35.3 Å². The number of rotatable bonds is 9. The number of aliphatic hydroxyl groups is 1. The van der Waals surface area contributed by atoms with Crippen LogP contribution in [0.15, 0.2) is 29.8 Å². The molecule has 9 nitrogen and oxygen atoms in total. The first kappa shape index (κ1) is 25.5. The normalized spacial score (nSPS) is 18.4. The second-order valence-corrected chi connectivity index (χ2v) is 9.32. The largest absolute Gasteiger partial charge is 0.391 e. The van der Waals surface area contributed by atoms with Crippen molar-refractivity contribution < 1.29 is 24.3 Å². The van der Waals surface area contributed by atoms with Gasteiger partial charge in [-0.1, -0.05) is 24.3 Å². The summed E-state index contributed by atoms with van der Waals surface area (Å²) in [6, 6.07) is 6.20. The number of carbonyl (C=O) groups excluding carboxylic acids is 4. The molecule has 3 rings (SSSR count). The van der Waals surface area contributed by atoms with Gasteiger partial charge in [-0.15, -0.1) is 11.3 Å². The summed E-state index contributed by atoms with van der Waals surface area (Å²) >= 11 is 1.57. The molecule has 3 atom stereocenters. The number of aliphatic hydroxyl groups excluding tert-OH is 1. The molecule has 0 radical (unpaired) electrons. The van der Waals surface area contributed by atoms with Crippen molar-refractivity contribution in [2.45, 2.75) is 57.8 Å². The third kappa shape index (κ3) is 5.87. The van der Waals surface area contributed by atoms with Gasteiger partial charge < -0.3 is 25.0 Å². The van der Waals surface area contributed by atoms with Crippen LogP contribution in [0.5, 0.6) is 0 Å². The molecule has 0 aliphatic carbocycles. The number of carbonyl (C=O) groups is 4. The van der Waals surface area contributed by atoms with Crippen LogP contribution in [0.1, 0.15) is 37.4 Å². The molecule has 1 aromatic carbocycles. The number of thiazole rings is 1. The molecule has 10 heteroatoms. The van der Waals surface area contributed by atoms with Crippen LogP contribution in [-0.2, 0) is 25.7 Å². The third-order valence-corrected chi connectivity index (χ3v) is 7.08. The highest BCUT2D eigenvalue weighted by molar-refractivity contribution is 7.13. The van der Waals surface area contributed by atoms with E-state index in [1.165, 1.54) is 16.8 Å². The minimum Gasteiger partial charge on any atom is -0.391 e. The van der Waals surface area contributed by atoms with Gasteiger partial charge in [-0.25, -0.2) is 4.98 Å². The lowest BCUT2D eigenvalue weighted by molar-refractivity contribution is -0.146. The Morgan fingerprint density at radius 1 is 1.32 bits per heavy atom. The van der Waals surface area contributed by atoms with E-state index in [0.29, 0.717) is 6.29 Å². The Morgan fingerprint density at radius 3 is 2.65 bits per heavy atom. The van der Waals surface area contributed by atoms with Crippen LogP contribution in [0.25, 0.3) is 10.4 Å². The summed E-state index contributed by atoms with van der Waals surface area (Å²) in [7, 11) is 1.49. The fraction of sp³-hybridized carbons (Fsp3) is 0.458. The van der Waals surface area contributed by atoms with Crippen LogP contribution < -0.4 is 5.32 Å². The van der Waals surface area contributed by atoms with E-state index in [0.717, 1.165) is 21.7 Å². The first-order valence-electron chi connectivity index (χ1n) is 11.2. The monoisotopic (exact) mass is 486 g/mol. The first-order chi connectivity index (χ1) is 16.2. The zero-order valence-electron chi connectivity index (χ0n) is 19.6. The summed E-state index contributed by atoms with van der Waals surface area (Å²) in [6.07, 6.45) is 0.0819. The van der Waals surface area contributed by atoms with Gasteiger partial charge >= 0.3 is 0 Å². The van der Waals surface area contributed by atoms with Gasteiger partial charge in [0.25, 0.3) is 0 Å². The maximum Gasteiger partial charge on any atom is 0.245 e. The Balaban J connectivity index is 1.60. The number of amides is 3. The van der Waals surface area contributed by atoms with E-state index in [2.05, 4.69) is 10.3 Å². The molecule has 0 spiro atoms. The van der Waals surface area contributed by atoms with Crippen molar-refractivity contribution in [1.29, 1.82) is 0 Å². The molecule has 0 saturated carbocycles. The predicted molar refractivity (Wildman–Crippen MR) is 128 cm³/mol. The SMILES string of the molecule is Cc1ncsc1-c1ccc(CNC(=O)[C@@H]2C[C@@H](O)CN2C(=O)C(C)N(C)C(=O)CCC=O)cc1. The zero-order chi connectivity index (χ0) is 24.8. The molecule has 1 unspecified atom stereocenters. The van der Waals surface area contributed by atoms with Gasteiger partial charge in [-0.2, -0.15) is 0 Å². The number of hydrogen-bond donors (Lipinski definition) is 2. The lowest BCUT2D eigenvalue weighted by Crippen LogP contribution is -2.52. The molecule has 3 amide bonds. The third-order valence-electron chi connectivity index (χ3n) is 6.10. The van der Waals surface area contributed by atoms with Gasteiger partial charge in [0.1, 0.15) is 18.4 Å². The second kappa shape index (κ2) is 11.3. The van der Waals surface area contributed by atoms with Gasteiger partial charge in [0, 0.05) is 39.4 Å². The number of likely N-dealkylation sites (tertiary alicyclic amines) is 1. The van der Waals surface area contributed by atoms with Gasteiger partial charge in [-0.05, 0) is 25.0 Å². The molecule has 2 aromatic rings. The van der Waals surface area contributed by atoms with Crippen LogP contribution in [0, 0.1) is 6.92 Å². The minimum absolute atomic E-state index is 0.0194. The van der Waals surface area contributed by atoms with E-state index >= 15 is 0 Å². The highest BCUT2D eigenvalue weighted by Gasteiger charge is 2.41. The number of hydrogen-bond acceptors (Lipinski definition) is 7. The number of likely N-dealkylation sites (N-methyl/N-ethyl adjacent to an activating group) is 1. The number of β-amino-alcohol motifs (C(OH)–C–C–N with tert-alkyl or cyclic N) is 1. The average Bonchev–Trinajstić information content (AvgIpc) is 3.45. The number of nitrogens with one attached hydrogen (secondary N) is 1. The van der Waals surface area contributed by atoms with E-state index < -0.39 is 24.1 Å². The van der Waals surface area contributed by atoms with Crippen LogP contribution in [0.3, 0.4) is 0 Å². The summed E-state index contributed by atoms with van der Waals surface area (Å²) < 4.78 is 0. The van der Waals surface area contributed by atoms with Crippen molar-refractivity contribution in [2.75, 3.05) is 13.6 Å². The van der Waals surface area contributed by atoms with E-state index in [9.17, 15) is 24.3 Å². The van der Waals surface area contributed by atoms with Gasteiger partial charge in [0.05, 0.1) is 22.2 Å². The molecule has 1 aliphatic heterocycles. The number of nitrogens with zero attached hydrogens (tertiary/aromatic N) is 3.